The molecule has 2 heterocycles. The van der Waals surface area contributed by atoms with E-state index in [1.807, 2.05) is 0 Å². The number of morpholine rings is 1. The number of hydrogen-bond donors (Lipinski definition) is 2. The molecular weight excluding hydrogens is 441 g/mol. The van der Waals surface area contributed by atoms with E-state index >= 15 is 0 Å². The largest absolute Gasteiger partial charge is 0.379 e. The average molecular weight is 481 g/mol. The van der Waals surface area contributed by atoms with Crippen molar-refractivity contribution in [2.75, 3.05) is 65.6 Å². The van der Waals surface area contributed by atoms with Crippen molar-refractivity contribution in [3.05, 3.63) is 0 Å². The van der Waals surface area contributed by atoms with Gasteiger partial charge in [0.05, 0.1) is 19.8 Å². The molecule has 0 bridgehead atoms. The third-order valence-corrected chi connectivity index (χ3v) is 5.25. The van der Waals surface area contributed by atoms with Gasteiger partial charge in [-0.1, -0.05) is 12.8 Å². The molecule has 0 radical (unpaired) electrons. The number of nitrogens with zero attached hydrogens (tertiary/aromatic N) is 3. The van der Waals surface area contributed by atoms with Crippen molar-refractivity contribution in [3.8, 4) is 0 Å². The van der Waals surface area contributed by atoms with Gasteiger partial charge in [0.1, 0.15) is 0 Å². The summed E-state index contributed by atoms with van der Waals surface area (Å²) in [4.78, 5) is 9.93. The Bertz CT molecular complexity index is 391. The summed E-state index contributed by atoms with van der Waals surface area (Å²) in [6.45, 7) is 16.6. The molecule has 0 atom stereocenters. The fraction of sp³-hybridized carbons (Fsp3) is 0.947. The van der Waals surface area contributed by atoms with E-state index in [1.54, 1.807) is 0 Å². The van der Waals surface area contributed by atoms with E-state index in [9.17, 15) is 0 Å². The molecule has 0 spiro atoms. The lowest BCUT2D eigenvalue weighted by molar-refractivity contribution is -0.00683. The zero-order chi connectivity index (χ0) is 18.0. The lowest BCUT2D eigenvalue weighted by atomic mass is 10.0. The molecule has 2 aliphatic rings. The van der Waals surface area contributed by atoms with E-state index in [0.29, 0.717) is 0 Å². The summed E-state index contributed by atoms with van der Waals surface area (Å²) in [5, 5.41) is 6.90. The van der Waals surface area contributed by atoms with E-state index < -0.39 is 0 Å². The molecule has 0 aromatic carbocycles. The van der Waals surface area contributed by atoms with Crippen LogP contribution in [0.2, 0.25) is 0 Å². The molecule has 2 aliphatic heterocycles. The Morgan fingerprint density at radius 3 is 2.27 bits per heavy atom. The number of ether oxygens (including phenoxy) is 1. The number of likely N-dealkylation sites (tertiary alicyclic amines) is 1. The Morgan fingerprint density at radius 2 is 1.65 bits per heavy atom. The van der Waals surface area contributed by atoms with Gasteiger partial charge in [-0.15, -0.1) is 24.0 Å². The summed E-state index contributed by atoms with van der Waals surface area (Å²) in [6, 6.07) is 0. The molecule has 0 unspecified atom stereocenters. The molecular formula is C19H40IN5O. The normalized spacial score (nSPS) is 21.0. The molecule has 0 aliphatic carbocycles. The van der Waals surface area contributed by atoms with E-state index in [4.69, 9.17) is 9.73 Å². The number of aliphatic imine (C=N–C) groups is 1. The second-order valence-electron chi connectivity index (χ2n) is 7.79. The van der Waals surface area contributed by atoms with Crippen molar-refractivity contribution in [1.29, 1.82) is 0 Å². The van der Waals surface area contributed by atoms with Crippen molar-refractivity contribution in [3.63, 3.8) is 0 Å². The number of halogens is 1. The number of rotatable bonds is 7. The summed E-state index contributed by atoms with van der Waals surface area (Å²) >= 11 is 0. The summed E-state index contributed by atoms with van der Waals surface area (Å²) in [7, 11) is 0. The Balaban J connectivity index is 0.00000338. The van der Waals surface area contributed by atoms with Crippen LogP contribution in [0.4, 0.5) is 0 Å². The van der Waals surface area contributed by atoms with Crippen molar-refractivity contribution in [1.82, 2.24) is 20.4 Å². The lowest BCUT2D eigenvalue weighted by Gasteiger charge is -2.39. The van der Waals surface area contributed by atoms with Gasteiger partial charge in [0, 0.05) is 38.3 Å². The molecule has 0 saturated carbocycles. The maximum atomic E-state index is 5.47. The van der Waals surface area contributed by atoms with Crippen molar-refractivity contribution < 1.29 is 4.74 Å². The van der Waals surface area contributed by atoms with Crippen LogP contribution in [0.5, 0.6) is 0 Å². The summed E-state index contributed by atoms with van der Waals surface area (Å²) < 4.78 is 5.47. The highest BCUT2D eigenvalue weighted by atomic mass is 127. The van der Waals surface area contributed by atoms with Crippen molar-refractivity contribution in [2.24, 2.45) is 4.99 Å². The molecule has 2 fully saturated rings. The first-order valence-corrected chi connectivity index (χ1v) is 10.2. The van der Waals surface area contributed by atoms with Crippen LogP contribution in [0.3, 0.4) is 0 Å². The summed E-state index contributed by atoms with van der Waals surface area (Å²) in [5.41, 5.74) is 0.0664. The number of guanidine groups is 1. The molecule has 2 rings (SSSR count). The van der Waals surface area contributed by atoms with Crippen LogP contribution in [0.1, 0.15) is 46.5 Å². The highest BCUT2D eigenvalue weighted by Crippen LogP contribution is 2.16. The van der Waals surface area contributed by atoms with Crippen LogP contribution >= 0.6 is 24.0 Å². The fourth-order valence-electron chi connectivity index (χ4n) is 3.58. The van der Waals surface area contributed by atoms with E-state index in [-0.39, 0.29) is 29.5 Å². The average Bonchev–Trinajstić information content (AvgIpc) is 2.89. The molecule has 0 amide bonds. The number of hydrogen-bond acceptors (Lipinski definition) is 4. The standard InChI is InChI=1S/C19H39N5O.HI/c1-4-20-18(21-9-12-23-10-7-5-6-8-11-23)22-17-19(2,3)24-13-15-25-16-14-24;/h4-17H2,1-3H3,(H2,20,21,22);1H. The third-order valence-electron chi connectivity index (χ3n) is 5.25. The van der Waals surface area contributed by atoms with Gasteiger partial charge in [0.25, 0.3) is 0 Å². The van der Waals surface area contributed by atoms with Gasteiger partial charge in [0.15, 0.2) is 5.96 Å². The zero-order valence-corrected chi connectivity index (χ0v) is 19.4. The topological polar surface area (TPSA) is 52.1 Å². The van der Waals surface area contributed by atoms with E-state index in [1.165, 1.54) is 38.8 Å². The summed E-state index contributed by atoms with van der Waals surface area (Å²) in [6.07, 6.45) is 5.49. The molecule has 6 nitrogen and oxygen atoms in total. The van der Waals surface area contributed by atoms with Gasteiger partial charge in [-0.25, -0.2) is 0 Å². The second kappa shape index (κ2) is 13.1. The second-order valence-corrected chi connectivity index (χ2v) is 7.79. The zero-order valence-electron chi connectivity index (χ0n) is 17.1. The number of nitrogens with one attached hydrogen (secondary N) is 2. The fourth-order valence-corrected chi connectivity index (χ4v) is 3.58. The molecule has 2 saturated heterocycles. The quantitative estimate of drug-likeness (QED) is 0.332. The van der Waals surface area contributed by atoms with Gasteiger partial charge >= 0.3 is 0 Å². The highest BCUT2D eigenvalue weighted by molar-refractivity contribution is 14.0. The molecule has 154 valence electrons. The van der Waals surface area contributed by atoms with Crippen molar-refractivity contribution >= 4 is 29.9 Å². The molecule has 0 aromatic rings. The van der Waals surface area contributed by atoms with Crippen molar-refractivity contribution in [2.45, 2.75) is 52.0 Å². The Hall–Kier alpha value is -0.120. The molecule has 2 N–H and O–H groups in total. The van der Waals surface area contributed by atoms with Gasteiger partial charge in [-0.2, -0.15) is 0 Å². The predicted molar refractivity (Wildman–Crippen MR) is 121 cm³/mol. The minimum absolute atomic E-state index is 0. The maximum absolute atomic E-state index is 5.47. The molecule has 0 aromatic heterocycles. The van der Waals surface area contributed by atoms with Crippen LogP contribution < -0.4 is 10.6 Å². The monoisotopic (exact) mass is 481 g/mol. The Morgan fingerprint density at radius 1 is 1.00 bits per heavy atom. The first kappa shape index (κ1) is 23.9. The lowest BCUT2D eigenvalue weighted by Crippen LogP contribution is -2.52. The van der Waals surface area contributed by atoms with E-state index in [0.717, 1.165) is 58.4 Å². The SMILES string of the molecule is CCNC(=NCC(C)(C)N1CCOCC1)NCCN1CCCCCC1.I. The summed E-state index contributed by atoms with van der Waals surface area (Å²) in [5.74, 6) is 0.943. The predicted octanol–water partition coefficient (Wildman–Crippen LogP) is 2.15. The van der Waals surface area contributed by atoms with Crippen LogP contribution in [-0.4, -0.2) is 86.9 Å². The maximum Gasteiger partial charge on any atom is 0.191 e. The minimum Gasteiger partial charge on any atom is -0.379 e. The smallest absolute Gasteiger partial charge is 0.191 e. The van der Waals surface area contributed by atoms with Crippen LogP contribution in [0.15, 0.2) is 4.99 Å². The first-order chi connectivity index (χ1) is 12.1. The van der Waals surface area contributed by atoms with Gasteiger partial charge < -0.3 is 20.3 Å². The van der Waals surface area contributed by atoms with Crippen LogP contribution in [-0.2, 0) is 4.74 Å². The van der Waals surface area contributed by atoms with Crippen LogP contribution in [0, 0.1) is 0 Å². The third kappa shape index (κ3) is 8.71. The van der Waals surface area contributed by atoms with Gasteiger partial charge in [-0.3, -0.25) is 9.89 Å². The van der Waals surface area contributed by atoms with Gasteiger partial charge in [-0.05, 0) is 46.7 Å². The Kier molecular flexibility index (Phi) is 12.1. The Labute approximate surface area is 177 Å². The minimum atomic E-state index is 0. The van der Waals surface area contributed by atoms with E-state index in [2.05, 4.69) is 41.2 Å². The first-order valence-electron chi connectivity index (χ1n) is 10.2. The molecule has 26 heavy (non-hydrogen) atoms. The van der Waals surface area contributed by atoms with Gasteiger partial charge in [0.2, 0.25) is 0 Å². The van der Waals surface area contributed by atoms with Crippen LogP contribution in [0.25, 0.3) is 0 Å². The highest BCUT2D eigenvalue weighted by Gasteiger charge is 2.28. The molecule has 7 heteroatoms.